The van der Waals surface area contributed by atoms with Crippen molar-refractivity contribution in [2.24, 2.45) is 5.73 Å². The van der Waals surface area contributed by atoms with Gasteiger partial charge >= 0.3 is 0 Å². The first-order valence-electron chi connectivity index (χ1n) is 5.48. The Morgan fingerprint density at radius 2 is 2.06 bits per heavy atom. The van der Waals surface area contributed by atoms with Gasteiger partial charge in [0.15, 0.2) is 0 Å². The Bertz CT molecular complexity index is 719. The molecule has 0 bridgehead atoms. The van der Waals surface area contributed by atoms with Crippen molar-refractivity contribution >= 4 is 27.3 Å². The minimum atomic E-state index is -0.376. The van der Waals surface area contributed by atoms with Crippen LogP contribution < -0.4 is 5.73 Å². The van der Waals surface area contributed by atoms with Crippen LogP contribution in [0.4, 0.5) is 0 Å². The fourth-order valence-electron chi connectivity index (χ4n) is 1.88. The topological polar surface area (TPSA) is 56.0 Å². The molecule has 0 radical (unpaired) electrons. The lowest BCUT2D eigenvalue weighted by molar-refractivity contribution is 0.100. The summed E-state index contributed by atoms with van der Waals surface area (Å²) < 4.78 is 1.07. The molecule has 2 aromatic heterocycles. The van der Waals surface area contributed by atoms with Crippen LogP contribution >= 0.6 is 11.3 Å². The summed E-state index contributed by atoms with van der Waals surface area (Å²) in [4.78, 5) is 15.8. The number of carbonyl (C=O) groups is 1. The summed E-state index contributed by atoms with van der Waals surface area (Å²) >= 11 is 1.42. The Morgan fingerprint density at radius 1 is 1.17 bits per heavy atom. The van der Waals surface area contributed by atoms with E-state index in [-0.39, 0.29) is 5.91 Å². The van der Waals surface area contributed by atoms with Crippen LogP contribution in [-0.4, -0.2) is 10.9 Å². The average Bonchev–Trinajstić information content (AvgIpc) is 2.82. The van der Waals surface area contributed by atoms with Crippen LogP contribution in [-0.2, 0) is 0 Å². The van der Waals surface area contributed by atoms with Gasteiger partial charge in [0.05, 0.1) is 4.88 Å². The molecule has 3 rings (SSSR count). The summed E-state index contributed by atoms with van der Waals surface area (Å²) in [5.74, 6) is -0.376. The molecule has 0 spiro atoms. The molecule has 0 unspecified atom stereocenters. The third kappa shape index (κ3) is 1.87. The monoisotopic (exact) mass is 254 g/mol. The maximum atomic E-state index is 11.1. The van der Waals surface area contributed by atoms with Gasteiger partial charge in [0.2, 0.25) is 0 Å². The number of benzene rings is 1. The molecule has 1 aromatic carbocycles. The van der Waals surface area contributed by atoms with Crippen molar-refractivity contribution in [2.45, 2.75) is 0 Å². The first-order chi connectivity index (χ1) is 8.74. The molecule has 1 amide bonds. The minimum Gasteiger partial charge on any atom is -0.365 e. The summed E-state index contributed by atoms with van der Waals surface area (Å²) in [6.45, 7) is 0. The SMILES string of the molecule is NC(=O)c1cc2cc(-c3cccnc3)ccc2s1. The minimum absolute atomic E-state index is 0.376. The Balaban J connectivity index is 2.14. The molecule has 18 heavy (non-hydrogen) atoms. The normalized spacial score (nSPS) is 10.7. The van der Waals surface area contributed by atoms with Crippen LogP contribution in [0, 0.1) is 0 Å². The van der Waals surface area contributed by atoms with Gasteiger partial charge in [-0.15, -0.1) is 11.3 Å². The van der Waals surface area contributed by atoms with Crippen LogP contribution in [0.2, 0.25) is 0 Å². The molecule has 3 nitrogen and oxygen atoms in total. The fourth-order valence-corrected chi connectivity index (χ4v) is 2.77. The highest BCUT2D eigenvalue weighted by atomic mass is 32.1. The van der Waals surface area contributed by atoms with Crippen molar-refractivity contribution < 1.29 is 4.79 Å². The number of aromatic nitrogens is 1. The molecule has 0 aliphatic heterocycles. The molecule has 3 aromatic rings. The second-order valence-corrected chi connectivity index (χ2v) is 5.05. The lowest BCUT2D eigenvalue weighted by atomic mass is 10.1. The summed E-state index contributed by atoms with van der Waals surface area (Å²) in [6, 6.07) is 11.8. The molecular formula is C14H10N2OS. The lowest BCUT2D eigenvalue weighted by Gasteiger charge is -2.00. The zero-order valence-corrected chi connectivity index (χ0v) is 10.3. The molecule has 0 saturated heterocycles. The third-order valence-corrected chi connectivity index (χ3v) is 3.88. The number of fused-ring (bicyclic) bond motifs is 1. The number of primary amides is 1. The molecule has 0 fully saturated rings. The zero-order chi connectivity index (χ0) is 12.5. The van der Waals surface area contributed by atoms with E-state index in [0.717, 1.165) is 21.2 Å². The maximum Gasteiger partial charge on any atom is 0.258 e. The first-order valence-corrected chi connectivity index (χ1v) is 6.29. The molecule has 0 atom stereocenters. The highest BCUT2D eigenvalue weighted by Gasteiger charge is 2.07. The van der Waals surface area contributed by atoms with Crippen LogP contribution in [0.25, 0.3) is 21.2 Å². The number of hydrogen-bond donors (Lipinski definition) is 1. The van der Waals surface area contributed by atoms with E-state index in [4.69, 9.17) is 5.73 Å². The molecule has 2 N–H and O–H groups in total. The number of nitrogens with two attached hydrogens (primary N) is 1. The maximum absolute atomic E-state index is 11.1. The smallest absolute Gasteiger partial charge is 0.258 e. The molecule has 0 aliphatic carbocycles. The summed E-state index contributed by atoms with van der Waals surface area (Å²) in [7, 11) is 0. The van der Waals surface area contributed by atoms with E-state index in [2.05, 4.69) is 11.1 Å². The van der Waals surface area contributed by atoms with Gasteiger partial charge < -0.3 is 5.73 Å². The molecule has 88 valence electrons. The van der Waals surface area contributed by atoms with E-state index in [9.17, 15) is 4.79 Å². The third-order valence-electron chi connectivity index (χ3n) is 2.75. The number of hydrogen-bond acceptors (Lipinski definition) is 3. The van der Waals surface area contributed by atoms with E-state index < -0.39 is 0 Å². The van der Waals surface area contributed by atoms with E-state index in [1.54, 1.807) is 6.20 Å². The van der Waals surface area contributed by atoms with Crippen LogP contribution in [0.5, 0.6) is 0 Å². The van der Waals surface area contributed by atoms with Gasteiger partial charge in [-0.1, -0.05) is 12.1 Å². The van der Waals surface area contributed by atoms with Gasteiger partial charge in [0.25, 0.3) is 5.91 Å². The molecule has 0 saturated carbocycles. The van der Waals surface area contributed by atoms with Crippen molar-refractivity contribution in [3.8, 4) is 11.1 Å². The molecule has 2 heterocycles. The van der Waals surface area contributed by atoms with Crippen molar-refractivity contribution in [3.63, 3.8) is 0 Å². The van der Waals surface area contributed by atoms with Crippen molar-refractivity contribution in [3.05, 3.63) is 53.7 Å². The van der Waals surface area contributed by atoms with Gasteiger partial charge in [0, 0.05) is 22.7 Å². The molecule has 0 aliphatic rings. The Kier molecular flexibility index (Phi) is 2.57. The van der Waals surface area contributed by atoms with Crippen molar-refractivity contribution in [1.82, 2.24) is 4.98 Å². The Labute approximate surface area is 108 Å². The van der Waals surface area contributed by atoms with E-state index in [1.165, 1.54) is 11.3 Å². The van der Waals surface area contributed by atoms with E-state index >= 15 is 0 Å². The Hall–Kier alpha value is -2.20. The first kappa shape index (κ1) is 10.9. The Morgan fingerprint density at radius 3 is 2.78 bits per heavy atom. The average molecular weight is 254 g/mol. The lowest BCUT2D eigenvalue weighted by Crippen LogP contribution is -2.07. The summed E-state index contributed by atoms with van der Waals surface area (Å²) in [5.41, 5.74) is 7.44. The number of nitrogens with zero attached hydrogens (tertiary/aromatic N) is 1. The van der Waals surface area contributed by atoms with Crippen LogP contribution in [0.3, 0.4) is 0 Å². The zero-order valence-electron chi connectivity index (χ0n) is 9.46. The van der Waals surface area contributed by atoms with Crippen LogP contribution in [0.15, 0.2) is 48.8 Å². The fraction of sp³-hybridized carbons (Fsp3) is 0. The largest absolute Gasteiger partial charge is 0.365 e. The second kappa shape index (κ2) is 4.23. The number of carbonyl (C=O) groups excluding carboxylic acids is 1. The highest BCUT2D eigenvalue weighted by Crippen LogP contribution is 2.29. The van der Waals surface area contributed by atoms with Gasteiger partial charge in [-0.3, -0.25) is 9.78 Å². The predicted molar refractivity (Wildman–Crippen MR) is 73.6 cm³/mol. The number of rotatable bonds is 2. The van der Waals surface area contributed by atoms with E-state index in [1.807, 2.05) is 36.5 Å². The quantitative estimate of drug-likeness (QED) is 0.764. The summed E-state index contributed by atoms with van der Waals surface area (Å²) in [6.07, 6.45) is 3.57. The van der Waals surface area contributed by atoms with E-state index in [0.29, 0.717) is 4.88 Å². The number of pyridine rings is 1. The number of thiophene rings is 1. The van der Waals surface area contributed by atoms with Gasteiger partial charge in [-0.2, -0.15) is 0 Å². The van der Waals surface area contributed by atoms with Crippen molar-refractivity contribution in [2.75, 3.05) is 0 Å². The molecule has 4 heteroatoms. The highest BCUT2D eigenvalue weighted by molar-refractivity contribution is 7.20. The van der Waals surface area contributed by atoms with Gasteiger partial charge in [0.1, 0.15) is 0 Å². The van der Waals surface area contributed by atoms with Crippen molar-refractivity contribution in [1.29, 1.82) is 0 Å². The number of amides is 1. The molecular weight excluding hydrogens is 244 g/mol. The van der Waals surface area contributed by atoms with Gasteiger partial charge in [-0.05, 0) is 35.2 Å². The standard InChI is InChI=1S/C14H10N2OS/c15-14(17)13-7-11-6-9(3-4-12(11)18-13)10-2-1-5-16-8-10/h1-8H,(H2,15,17). The van der Waals surface area contributed by atoms with Crippen LogP contribution in [0.1, 0.15) is 9.67 Å². The predicted octanol–water partition coefficient (Wildman–Crippen LogP) is 3.06. The second-order valence-electron chi connectivity index (χ2n) is 3.97. The summed E-state index contributed by atoms with van der Waals surface area (Å²) in [5, 5.41) is 1.04. The van der Waals surface area contributed by atoms with Gasteiger partial charge in [-0.25, -0.2) is 0 Å².